The third-order valence-electron chi connectivity index (χ3n) is 3.84. The van der Waals surface area contributed by atoms with Crippen LogP contribution in [0, 0.1) is 0 Å². The number of aromatic nitrogens is 1. The molecule has 1 aromatic heterocycles. The van der Waals surface area contributed by atoms with Crippen LogP contribution in [0.4, 0.5) is 5.82 Å². The van der Waals surface area contributed by atoms with Gasteiger partial charge in [-0.3, -0.25) is 0 Å². The summed E-state index contributed by atoms with van der Waals surface area (Å²) < 4.78 is 5.36. The van der Waals surface area contributed by atoms with Crippen molar-refractivity contribution in [1.82, 2.24) is 4.98 Å². The van der Waals surface area contributed by atoms with Gasteiger partial charge in [-0.15, -0.1) is 0 Å². The van der Waals surface area contributed by atoms with Crippen molar-refractivity contribution in [3.63, 3.8) is 0 Å². The van der Waals surface area contributed by atoms with E-state index in [1.54, 1.807) is 13.2 Å². The van der Waals surface area contributed by atoms with Crippen LogP contribution in [0.3, 0.4) is 0 Å². The molecule has 0 spiro atoms. The molecule has 0 radical (unpaired) electrons. The molecular formula is C14H20N2O3. The Kier molecular flexibility index (Phi) is 4.37. The van der Waals surface area contributed by atoms with Gasteiger partial charge in [0.15, 0.2) is 5.69 Å². The molecule has 0 bridgehead atoms. The fourth-order valence-electron chi connectivity index (χ4n) is 2.59. The van der Waals surface area contributed by atoms with Crippen LogP contribution < -0.4 is 4.90 Å². The quantitative estimate of drug-likeness (QED) is 0.903. The molecule has 0 aromatic carbocycles. The second-order valence-corrected chi connectivity index (χ2v) is 4.96. The lowest BCUT2D eigenvalue weighted by Gasteiger charge is -2.34. The van der Waals surface area contributed by atoms with Crippen LogP contribution in [-0.4, -0.2) is 42.4 Å². The summed E-state index contributed by atoms with van der Waals surface area (Å²) in [6.45, 7) is 0. The predicted octanol–water partition coefficient (Wildman–Crippen LogP) is 2.17. The Bertz CT molecular complexity index is 442. The zero-order valence-electron chi connectivity index (χ0n) is 11.4. The maximum Gasteiger partial charge on any atom is 0.354 e. The minimum Gasteiger partial charge on any atom is -0.477 e. The zero-order valence-corrected chi connectivity index (χ0v) is 11.4. The molecule has 2 rings (SSSR count). The molecule has 19 heavy (non-hydrogen) atoms. The van der Waals surface area contributed by atoms with E-state index in [4.69, 9.17) is 9.84 Å². The summed E-state index contributed by atoms with van der Waals surface area (Å²) in [6.07, 6.45) is 4.55. The first-order valence-corrected chi connectivity index (χ1v) is 6.57. The van der Waals surface area contributed by atoms with Crippen molar-refractivity contribution in [3.8, 4) is 0 Å². The predicted molar refractivity (Wildman–Crippen MR) is 72.7 cm³/mol. The molecule has 0 atom stereocenters. The summed E-state index contributed by atoms with van der Waals surface area (Å²) in [4.78, 5) is 17.2. The molecule has 1 fully saturated rings. The number of carboxylic acids is 1. The van der Waals surface area contributed by atoms with Gasteiger partial charge < -0.3 is 14.7 Å². The van der Waals surface area contributed by atoms with Gasteiger partial charge >= 0.3 is 5.97 Å². The van der Waals surface area contributed by atoms with Gasteiger partial charge in [-0.25, -0.2) is 9.78 Å². The molecule has 1 aliphatic rings. The summed E-state index contributed by atoms with van der Waals surface area (Å²) in [6, 6.07) is 5.52. The molecule has 1 aromatic rings. The van der Waals surface area contributed by atoms with Crippen molar-refractivity contribution in [2.24, 2.45) is 0 Å². The van der Waals surface area contributed by atoms with E-state index in [0.717, 1.165) is 31.5 Å². The molecule has 0 saturated heterocycles. The van der Waals surface area contributed by atoms with Gasteiger partial charge in [-0.1, -0.05) is 6.07 Å². The van der Waals surface area contributed by atoms with E-state index < -0.39 is 5.97 Å². The normalized spacial score (nSPS) is 23.1. The van der Waals surface area contributed by atoms with Crippen molar-refractivity contribution in [3.05, 3.63) is 23.9 Å². The highest BCUT2D eigenvalue weighted by Gasteiger charge is 2.24. The van der Waals surface area contributed by atoms with Crippen molar-refractivity contribution in [2.75, 3.05) is 19.1 Å². The SMILES string of the molecule is COC1CCC(N(C)c2cccc(C(=O)O)n2)CC1. The molecule has 0 unspecified atom stereocenters. The Hall–Kier alpha value is -1.62. The number of anilines is 1. The molecule has 5 nitrogen and oxygen atoms in total. The van der Waals surface area contributed by atoms with Gasteiger partial charge in [0.05, 0.1) is 6.10 Å². The number of rotatable bonds is 4. The third-order valence-corrected chi connectivity index (χ3v) is 3.84. The maximum absolute atomic E-state index is 10.9. The van der Waals surface area contributed by atoms with Crippen LogP contribution in [0.25, 0.3) is 0 Å². The van der Waals surface area contributed by atoms with Crippen LogP contribution in [0.15, 0.2) is 18.2 Å². The highest BCUT2D eigenvalue weighted by molar-refractivity contribution is 5.85. The Morgan fingerprint density at radius 3 is 2.63 bits per heavy atom. The van der Waals surface area contributed by atoms with Gasteiger partial charge in [0.1, 0.15) is 5.82 Å². The third kappa shape index (κ3) is 3.23. The number of methoxy groups -OCH3 is 1. The smallest absolute Gasteiger partial charge is 0.354 e. The van der Waals surface area contributed by atoms with Crippen molar-refractivity contribution in [2.45, 2.75) is 37.8 Å². The Morgan fingerprint density at radius 2 is 2.05 bits per heavy atom. The minimum atomic E-state index is -0.988. The number of ether oxygens (including phenoxy) is 1. The van der Waals surface area contributed by atoms with E-state index in [0.29, 0.717) is 12.1 Å². The first-order chi connectivity index (χ1) is 9.11. The number of hydrogen-bond donors (Lipinski definition) is 1. The number of hydrogen-bond acceptors (Lipinski definition) is 4. The largest absolute Gasteiger partial charge is 0.477 e. The van der Waals surface area contributed by atoms with Gasteiger partial charge in [0.2, 0.25) is 0 Å². The van der Waals surface area contributed by atoms with Gasteiger partial charge in [0, 0.05) is 20.2 Å². The first kappa shape index (κ1) is 13.8. The van der Waals surface area contributed by atoms with Gasteiger partial charge in [0.25, 0.3) is 0 Å². The Labute approximate surface area is 113 Å². The second-order valence-electron chi connectivity index (χ2n) is 4.96. The van der Waals surface area contributed by atoms with E-state index in [1.807, 2.05) is 13.1 Å². The molecule has 1 saturated carbocycles. The van der Waals surface area contributed by atoms with Gasteiger partial charge in [-0.2, -0.15) is 0 Å². The van der Waals surface area contributed by atoms with Crippen molar-refractivity contribution < 1.29 is 14.6 Å². The summed E-state index contributed by atoms with van der Waals surface area (Å²) in [5.41, 5.74) is 0.0925. The lowest BCUT2D eigenvalue weighted by molar-refractivity contribution is 0.0659. The number of carboxylic acid groups (broad SMARTS) is 1. The fourth-order valence-corrected chi connectivity index (χ4v) is 2.59. The van der Waals surface area contributed by atoms with E-state index in [9.17, 15) is 4.79 Å². The molecule has 0 amide bonds. The second kappa shape index (κ2) is 6.02. The lowest BCUT2D eigenvalue weighted by Crippen LogP contribution is -2.37. The van der Waals surface area contributed by atoms with E-state index >= 15 is 0 Å². The molecular weight excluding hydrogens is 244 g/mol. The summed E-state index contributed by atoms with van der Waals surface area (Å²) in [5.74, 6) is -0.265. The molecule has 1 heterocycles. The maximum atomic E-state index is 10.9. The number of carbonyl (C=O) groups is 1. The first-order valence-electron chi connectivity index (χ1n) is 6.57. The average Bonchev–Trinajstić information content (AvgIpc) is 2.46. The van der Waals surface area contributed by atoms with Crippen molar-refractivity contribution >= 4 is 11.8 Å². The summed E-state index contributed by atoms with van der Waals surface area (Å²) in [7, 11) is 3.73. The summed E-state index contributed by atoms with van der Waals surface area (Å²) >= 11 is 0. The van der Waals surface area contributed by atoms with Gasteiger partial charge in [-0.05, 0) is 37.8 Å². The highest BCUT2D eigenvalue weighted by atomic mass is 16.5. The topological polar surface area (TPSA) is 62.7 Å². The molecule has 1 N–H and O–H groups in total. The Morgan fingerprint density at radius 1 is 1.37 bits per heavy atom. The van der Waals surface area contributed by atoms with Crippen molar-refractivity contribution in [1.29, 1.82) is 0 Å². The standard InChI is InChI=1S/C14H20N2O3/c1-16(10-6-8-11(19-2)9-7-10)13-5-3-4-12(15-13)14(17)18/h3-5,10-11H,6-9H2,1-2H3,(H,17,18). The van der Waals surface area contributed by atoms with Crippen LogP contribution in [0.1, 0.15) is 36.2 Å². The number of nitrogens with zero attached hydrogens (tertiary/aromatic N) is 2. The van der Waals surface area contributed by atoms with Crippen LogP contribution >= 0.6 is 0 Å². The monoisotopic (exact) mass is 264 g/mol. The van der Waals surface area contributed by atoms with E-state index in [1.165, 1.54) is 6.07 Å². The summed E-state index contributed by atoms with van der Waals surface area (Å²) in [5, 5.41) is 8.97. The van der Waals surface area contributed by atoms with Crippen LogP contribution in [-0.2, 0) is 4.74 Å². The molecule has 1 aliphatic carbocycles. The molecule has 0 aliphatic heterocycles. The number of aromatic carboxylic acids is 1. The number of pyridine rings is 1. The molecule has 104 valence electrons. The minimum absolute atomic E-state index is 0.0925. The van der Waals surface area contributed by atoms with E-state index in [2.05, 4.69) is 9.88 Å². The fraction of sp³-hybridized carbons (Fsp3) is 0.571. The van der Waals surface area contributed by atoms with Crippen LogP contribution in [0.5, 0.6) is 0 Å². The van der Waals surface area contributed by atoms with E-state index in [-0.39, 0.29) is 5.69 Å². The Balaban J connectivity index is 2.05. The highest BCUT2D eigenvalue weighted by Crippen LogP contribution is 2.26. The lowest BCUT2D eigenvalue weighted by atomic mass is 9.92. The zero-order chi connectivity index (χ0) is 13.8. The average molecular weight is 264 g/mol. The molecule has 5 heteroatoms. The van der Waals surface area contributed by atoms with Crippen LogP contribution in [0.2, 0.25) is 0 Å².